The van der Waals surface area contributed by atoms with E-state index in [0.29, 0.717) is 34.0 Å². The summed E-state index contributed by atoms with van der Waals surface area (Å²) < 4.78 is 10.8. The van der Waals surface area contributed by atoms with Gasteiger partial charge in [-0.05, 0) is 47.4 Å². The molecule has 1 heterocycles. The van der Waals surface area contributed by atoms with Gasteiger partial charge in [-0.3, -0.25) is 9.59 Å². The summed E-state index contributed by atoms with van der Waals surface area (Å²) in [6, 6.07) is 19.7. The number of benzene rings is 3. The molecule has 0 radical (unpaired) electrons. The van der Waals surface area contributed by atoms with Crippen LogP contribution in [-0.4, -0.2) is 18.6 Å². The highest BCUT2D eigenvalue weighted by molar-refractivity contribution is 6.11. The van der Waals surface area contributed by atoms with Crippen molar-refractivity contribution in [2.24, 2.45) is 0 Å². The minimum absolute atomic E-state index is 0.0122. The van der Waals surface area contributed by atoms with Gasteiger partial charge in [-0.2, -0.15) is 0 Å². The highest BCUT2D eigenvalue weighted by atomic mass is 16.7. The zero-order valence-electron chi connectivity index (χ0n) is 17.7. The molecule has 158 valence electrons. The largest absolute Gasteiger partial charge is 0.454 e. The lowest BCUT2D eigenvalue weighted by atomic mass is 9.87. The first-order chi connectivity index (χ1) is 14.8. The second-order valence-corrected chi connectivity index (χ2v) is 8.32. The van der Waals surface area contributed by atoms with E-state index in [1.54, 1.807) is 42.5 Å². The van der Waals surface area contributed by atoms with Crippen LogP contribution in [0.25, 0.3) is 0 Å². The van der Waals surface area contributed by atoms with Crippen molar-refractivity contribution in [2.45, 2.75) is 26.2 Å². The molecule has 31 heavy (non-hydrogen) atoms. The third-order valence-corrected chi connectivity index (χ3v) is 5.08. The van der Waals surface area contributed by atoms with Crippen LogP contribution in [0.3, 0.4) is 0 Å². The Morgan fingerprint density at radius 1 is 0.774 bits per heavy atom. The van der Waals surface area contributed by atoms with E-state index in [9.17, 15) is 9.59 Å². The number of ether oxygens (including phenoxy) is 2. The van der Waals surface area contributed by atoms with Gasteiger partial charge in [0.05, 0.1) is 16.9 Å². The quantitative estimate of drug-likeness (QED) is 0.612. The van der Waals surface area contributed by atoms with E-state index in [1.165, 1.54) is 0 Å². The number of carbonyl (C=O) groups excluding carboxylic acids is 2. The van der Waals surface area contributed by atoms with Crippen LogP contribution in [0.5, 0.6) is 11.5 Å². The van der Waals surface area contributed by atoms with E-state index >= 15 is 0 Å². The van der Waals surface area contributed by atoms with Crippen molar-refractivity contribution in [2.75, 3.05) is 17.4 Å². The van der Waals surface area contributed by atoms with Gasteiger partial charge in [-0.15, -0.1) is 0 Å². The van der Waals surface area contributed by atoms with E-state index < -0.39 is 0 Å². The summed E-state index contributed by atoms with van der Waals surface area (Å²) >= 11 is 0. The molecule has 1 aliphatic heterocycles. The van der Waals surface area contributed by atoms with Crippen molar-refractivity contribution in [1.29, 1.82) is 0 Å². The van der Waals surface area contributed by atoms with Crippen LogP contribution in [0.4, 0.5) is 11.4 Å². The first kappa shape index (κ1) is 20.5. The molecule has 0 fully saturated rings. The molecule has 0 spiro atoms. The lowest BCUT2D eigenvalue weighted by Crippen LogP contribution is -2.17. The fourth-order valence-electron chi connectivity index (χ4n) is 3.32. The molecule has 0 bridgehead atoms. The lowest BCUT2D eigenvalue weighted by Gasteiger charge is -2.19. The van der Waals surface area contributed by atoms with Gasteiger partial charge >= 0.3 is 0 Å². The van der Waals surface area contributed by atoms with E-state index in [2.05, 4.69) is 31.4 Å². The van der Waals surface area contributed by atoms with Gasteiger partial charge < -0.3 is 20.1 Å². The molecular weight excluding hydrogens is 392 g/mol. The molecule has 3 aromatic rings. The van der Waals surface area contributed by atoms with Crippen LogP contribution in [0, 0.1) is 0 Å². The molecule has 0 unspecified atom stereocenters. The average molecular weight is 416 g/mol. The molecule has 6 heteroatoms. The van der Waals surface area contributed by atoms with Gasteiger partial charge in [0, 0.05) is 5.56 Å². The highest BCUT2D eigenvalue weighted by Crippen LogP contribution is 2.36. The maximum atomic E-state index is 12.9. The fourth-order valence-corrected chi connectivity index (χ4v) is 3.32. The highest BCUT2D eigenvalue weighted by Gasteiger charge is 2.22. The van der Waals surface area contributed by atoms with Gasteiger partial charge in [0.25, 0.3) is 11.8 Å². The summed E-state index contributed by atoms with van der Waals surface area (Å²) in [5, 5.41) is 5.74. The van der Waals surface area contributed by atoms with Gasteiger partial charge in [0.2, 0.25) is 6.79 Å². The maximum absolute atomic E-state index is 12.9. The summed E-state index contributed by atoms with van der Waals surface area (Å²) in [7, 11) is 0. The van der Waals surface area contributed by atoms with Crippen molar-refractivity contribution in [3.63, 3.8) is 0 Å². The summed E-state index contributed by atoms with van der Waals surface area (Å²) in [6.45, 7) is 6.46. The number of fused-ring (bicyclic) bond motifs is 1. The molecule has 2 N–H and O–H groups in total. The Labute approximate surface area is 181 Å². The summed E-state index contributed by atoms with van der Waals surface area (Å²) in [6.07, 6.45) is 0. The molecular formula is C25H24N2O4. The Balaban J connectivity index is 1.52. The Bertz CT molecular complexity index is 1130. The number of carbonyl (C=O) groups is 2. The number of nitrogens with one attached hydrogen (secondary N) is 2. The first-order valence-corrected chi connectivity index (χ1v) is 10.0. The third-order valence-electron chi connectivity index (χ3n) is 5.08. The van der Waals surface area contributed by atoms with Gasteiger partial charge in [-0.25, -0.2) is 0 Å². The van der Waals surface area contributed by atoms with Gasteiger partial charge in [-0.1, -0.05) is 51.1 Å². The molecule has 1 aliphatic rings. The van der Waals surface area contributed by atoms with E-state index in [4.69, 9.17) is 9.47 Å². The summed E-state index contributed by atoms with van der Waals surface area (Å²) in [5.74, 6) is 0.353. The number of para-hydroxylation sites is 3. The van der Waals surface area contributed by atoms with Gasteiger partial charge in [0.15, 0.2) is 11.5 Å². The molecule has 6 nitrogen and oxygen atoms in total. The zero-order valence-corrected chi connectivity index (χ0v) is 17.7. The van der Waals surface area contributed by atoms with Crippen LogP contribution < -0.4 is 20.1 Å². The van der Waals surface area contributed by atoms with Crippen LogP contribution in [0.2, 0.25) is 0 Å². The Morgan fingerprint density at radius 2 is 1.42 bits per heavy atom. The number of anilines is 2. The SMILES string of the molecule is CC(C)(C)c1ccc(C(=O)Nc2ccccc2NC(=O)c2cccc3c2OCO3)cc1. The van der Waals surface area contributed by atoms with Crippen LogP contribution >= 0.6 is 0 Å². The Kier molecular flexibility index (Phi) is 5.38. The van der Waals surface area contributed by atoms with Crippen LogP contribution in [-0.2, 0) is 5.41 Å². The molecule has 0 aliphatic carbocycles. The Hall–Kier alpha value is -3.80. The zero-order chi connectivity index (χ0) is 22.0. The molecule has 0 saturated carbocycles. The molecule has 0 saturated heterocycles. The summed E-state index contributed by atoms with van der Waals surface area (Å²) in [5.41, 5.74) is 3.07. The van der Waals surface area contributed by atoms with E-state index in [-0.39, 0.29) is 24.0 Å². The van der Waals surface area contributed by atoms with Crippen LogP contribution in [0.1, 0.15) is 47.1 Å². The molecule has 4 rings (SSSR count). The Morgan fingerprint density at radius 3 is 2.06 bits per heavy atom. The fraction of sp³-hybridized carbons (Fsp3) is 0.200. The number of amides is 2. The first-order valence-electron chi connectivity index (χ1n) is 10.0. The molecule has 3 aromatic carbocycles. The predicted octanol–water partition coefficient (Wildman–Crippen LogP) is 5.22. The molecule has 0 atom stereocenters. The minimum Gasteiger partial charge on any atom is -0.454 e. The monoisotopic (exact) mass is 416 g/mol. The third kappa shape index (κ3) is 4.38. The normalized spacial score (nSPS) is 12.4. The minimum atomic E-state index is -0.349. The van der Waals surface area contributed by atoms with E-state index in [1.807, 2.05) is 24.3 Å². The van der Waals surface area contributed by atoms with Crippen molar-refractivity contribution in [3.8, 4) is 11.5 Å². The van der Waals surface area contributed by atoms with Crippen molar-refractivity contribution >= 4 is 23.2 Å². The molecule has 0 aromatic heterocycles. The predicted molar refractivity (Wildman–Crippen MR) is 120 cm³/mol. The maximum Gasteiger partial charge on any atom is 0.259 e. The standard InChI is InChI=1S/C25H24N2O4/c1-25(2,3)17-13-11-16(12-14-17)23(28)26-19-8-4-5-9-20(19)27-24(29)18-7-6-10-21-22(18)31-15-30-21/h4-14H,15H2,1-3H3,(H,26,28)(H,27,29). The number of hydrogen-bond acceptors (Lipinski definition) is 4. The lowest BCUT2D eigenvalue weighted by molar-refractivity contribution is 0.101. The van der Waals surface area contributed by atoms with Crippen molar-refractivity contribution in [1.82, 2.24) is 0 Å². The van der Waals surface area contributed by atoms with Gasteiger partial charge in [0.1, 0.15) is 0 Å². The summed E-state index contributed by atoms with van der Waals surface area (Å²) in [4.78, 5) is 25.6. The van der Waals surface area contributed by atoms with E-state index in [0.717, 1.165) is 5.56 Å². The van der Waals surface area contributed by atoms with Crippen LogP contribution in [0.15, 0.2) is 66.7 Å². The van der Waals surface area contributed by atoms with Crippen molar-refractivity contribution in [3.05, 3.63) is 83.4 Å². The topological polar surface area (TPSA) is 76.7 Å². The molecule has 2 amide bonds. The number of rotatable bonds is 4. The van der Waals surface area contributed by atoms with Crippen molar-refractivity contribution < 1.29 is 19.1 Å². The number of hydrogen-bond donors (Lipinski definition) is 2. The second-order valence-electron chi connectivity index (χ2n) is 8.32. The second kappa shape index (κ2) is 8.14. The average Bonchev–Trinajstić information content (AvgIpc) is 3.23. The smallest absolute Gasteiger partial charge is 0.259 e.